The summed E-state index contributed by atoms with van der Waals surface area (Å²) in [7, 11) is 1.62. The quantitative estimate of drug-likeness (QED) is 0.640. The average Bonchev–Trinajstić information content (AvgIpc) is 3.28. The van der Waals surface area contributed by atoms with Crippen molar-refractivity contribution in [2.24, 2.45) is 0 Å². The lowest BCUT2D eigenvalue weighted by Crippen LogP contribution is -2.41. The van der Waals surface area contributed by atoms with E-state index in [0.717, 1.165) is 30.7 Å². The highest BCUT2D eigenvalue weighted by Gasteiger charge is 2.31. The Morgan fingerprint density at radius 2 is 1.86 bits per heavy atom. The number of carbonyl (C=O) groups excluding carboxylic acids is 1. The van der Waals surface area contributed by atoms with Crippen molar-refractivity contribution >= 4 is 5.91 Å². The number of tetrazole rings is 1. The van der Waals surface area contributed by atoms with Gasteiger partial charge in [-0.25, -0.2) is 0 Å². The second-order valence-electron chi connectivity index (χ2n) is 6.84. The molecule has 1 fully saturated rings. The number of likely N-dealkylation sites (tertiary alicyclic amines) is 1. The highest BCUT2D eigenvalue weighted by molar-refractivity contribution is 5.78. The van der Waals surface area contributed by atoms with Gasteiger partial charge in [0.25, 0.3) is 5.91 Å². The van der Waals surface area contributed by atoms with E-state index in [2.05, 4.69) is 15.4 Å². The van der Waals surface area contributed by atoms with Gasteiger partial charge in [-0.3, -0.25) is 4.79 Å². The Labute approximate surface area is 169 Å². The fourth-order valence-corrected chi connectivity index (χ4v) is 3.43. The Hall–Kier alpha value is -3.42. The zero-order valence-electron chi connectivity index (χ0n) is 16.3. The molecule has 0 radical (unpaired) electrons. The number of hydrogen-bond acceptors (Lipinski definition) is 6. The molecule has 0 aliphatic carbocycles. The fraction of sp³-hybridized carbons (Fsp3) is 0.333. The lowest BCUT2D eigenvalue weighted by atomic mass is 10.0. The minimum absolute atomic E-state index is 0.00682. The molecule has 1 amide bonds. The molecule has 0 unspecified atom stereocenters. The summed E-state index contributed by atoms with van der Waals surface area (Å²) >= 11 is 0. The average molecular weight is 393 g/mol. The summed E-state index contributed by atoms with van der Waals surface area (Å²) in [5, 5.41) is 12.9. The van der Waals surface area contributed by atoms with E-state index in [1.165, 1.54) is 4.80 Å². The maximum atomic E-state index is 12.8. The van der Waals surface area contributed by atoms with E-state index in [1.807, 2.05) is 59.5 Å². The van der Waals surface area contributed by atoms with Crippen molar-refractivity contribution in [2.75, 3.05) is 20.3 Å². The number of piperidine rings is 1. The van der Waals surface area contributed by atoms with Crippen LogP contribution in [0.3, 0.4) is 0 Å². The van der Waals surface area contributed by atoms with Crippen LogP contribution < -0.4 is 9.47 Å². The summed E-state index contributed by atoms with van der Waals surface area (Å²) in [4.78, 5) is 16.1. The first-order valence-electron chi connectivity index (χ1n) is 9.66. The molecule has 0 saturated carbocycles. The van der Waals surface area contributed by atoms with Gasteiger partial charge in [-0.1, -0.05) is 18.2 Å². The Morgan fingerprint density at radius 3 is 2.62 bits per heavy atom. The number of amides is 1. The highest BCUT2D eigenvalue weighted by atomic mass is 16.5. The second-order valence-corrected chi connectivity index (χ2v) is 6.84. The van der Waals surface area contributed by atoms with Crippen LogP contribution in [0.25, 0.3) is 5.69 Å². The van der Waals surface area contributed by atoms with Crippen LogP contribution in [0.4, 0.5) is 0 Å². The molecule has 150 valence electrons. The van der Waals surface area contributed by atoms with Gasteiger partial charge < -0.3 is 14.4 Å². The van der Waals surface area contributed by atoms with Crippen molar-refractivity contribution in [3.63, 3.8) is 0 Å². The van der Waals surface area contributed by atoms with Crippen LogP contribution in [0.2, 0.25) is 0 Å². The maximum Gasteiger partial charge on any atom is 0.261 e. The van der Waals surface area contributed by atoms with Gasteiger partial charge in [0.15, 0.2) is 12.4 Å². The predicted molar refractivity (Wildman–Crippen MR) is 106 cm³/mol. The first-order valence-corrected chi connectivity index (χ1v) is 9.66. The van der Waals surface area contributed by atoms with Gasteiger partial charge in [-0.2, -0.15) is 0 Å². The lowest BCUT2D eigenvalue weighted by Gasteiger charge is -2.33. The van der Waals surface area contributed by atoms with E-state index >= 15 is 0 Å². The number of ether oxygens (including phenoxy) is 2. The zero-order valence-corrected chi connectivity index (χ0v) is 16.3. The summed E-state index contributed by atoms with van der Waals surface area (Å²) < 4.78 is 10.8. The molecule has 29 heavy (non-hydrogen) atoms. The van der Waals surface area contributed by atoms with Gasteiger partial charge in [0, 0.05) is 6.54 Å². The smallest absolute Gasteiger partial charge is 0.261 e. The Bertz CT molecular complexity index is 942. The van der Waals surface area contributed by atoms with E-state index in [4.69, 9.17) is 9.47 Å². The molecule has 0 bridgehead atoms. The van der Waals surface area contributed by atoms with Crippen molar-refractivity contribution in [1.29, 1.82) is 0 Å². The normalized spacial score (nSPS) is 16.4. The van der Waals surface area contributed by atoms with Gasteiger partial charge in [0.2, 0.25) is 0 Å². The van der Waals surface area contributed by atoms with Crippen LogP contribution in [-0.4, -0.2) is 51.3 Å². The van der Waals surface area contributed by atoms with E-state index in [-0.39, 0.29) is 18.6 Å². The number of aromatic nitrogens is 4. The fourth-order valence-electron chi connectivity index (χ4n) is 3.43. The van der Waals surface area contributed by atoms with E-state index in [9.17, 15) is 4.79 Å². The molecule has 1 aliphatic heterocycles. The summed E-state index contributed by atoms with van der Waals surface area (Å²) in [6.45, 7) is 0.659. The van der Waals surface area contributed by atoms with Crippen molar-refractivity contribution in [3.05, 3.63) is 60.4 Å². The molecule has 4 rings (SSSR count). The topological polar surface area (TPSA) is 82.4 Å². The number of methoxy groups -OCH3 is 1. The first kappa shape index (κ1) is 18.9. The third-order valence-corrected chi connectivity index (χ3v) is 4.96. The van der Waals surface area contributed by atoms with E-state index in [0.29, 0.717) is 18.1 Å². The minimum Gasteiger partial charge on any atom is -0.497 e. The number of para-hydroxylation sites is 1. The SMILES string of the molecule is COc1ccc(-n2nnc([C@H]3CCCCN3C(=O)COc3ccccc3)n2)cc1. The molecule has 1 aromatic heterocycles. The number of rotatable bonds is 6. The van der Waals surface area contributed by atoms with Gasteiger partial charge in [0.05, 0.1) is 18.8 Å². The molecule has 3 aromatic rings. The first-order chi connectivity index (χ1) is 14.2. The molecular formula is C21H23N5O3. The summed E-state index contributed by atoms with van der Waals surface area (Å²) in [5.41, 5.74) is 0.783. The Balaban J connectivity index is 1.47. The summed E-state index contributed by atoms with van der Waals surface area (Å²) in [6, 6.07) is 16.6. The standard InChI is InChI=1S/C21H23N5O3/c1-28-17-12-10-16(11-13-17)26-23-21(22-24-26)19-9-5-6-14-25(19)20(27)15-29-18-7-3-2-4-8-18/h2-4,7-8,10-13,19H,5-6,9,14-15H2,1H3/t19-/m1/s1. The molecule has 1 saturated heterocycles. The molecule has 8 heteroatoms. The number of carbonyl (C=O) groups is 1. The molecule has 8 nitrogen and oxygen atoms in total. The predicted octanol–water partition coefficient (Wildman–Crippen LogP) is 2.80. The van der Waals surface area contributed by atoms with Crippen molar-refractivity contribution in [1.82, 2.24) is 25.1 Å². The molecule has 2 aromatic carbocycles. The van der Waals surface area contributed by atoms with E-state index in [1.54, 1.807) is 7.11 Å². The number of hydrogen-bond donors (Lipinski definition) is 0. The van der Waals surface area contributed by atoms with Crippen LogP contribution in [0.1, 0.15) is 31.1 Å². The highest BCUT2D eigenvalue weighted by Crippen LogP contribution is 2.29. The lowest BCUT2D eigenvalue weighted by molar-refractivity contribution is -0.137. The van der Waals surface area contributed by atoms with Crippen LogP contribution in [0.15, 0.2) is 54.6 Å². The Morgan fingerprint density at radius 1 is 1.07 bits per heavy atom. The van der Waals surface area contributed by atoms with E-state index < -0.39 is 0 Å². The molecule has 0 spiro atoms. The zero-order chi connectivity index (χ0) is 20.1. The van der Waals surface area contributed by atoms with Crippen LogP contribution in [0, 0.1) is 0 Å². The molecule has 1 aliphatic rings. The third kappa shape index (κ3) is 4.37. The van der Waals surface area contributed by atoms with Crippen LogP contribution >= 0.6 is 0 Å². The van der Waals surface area contributed by atoms with Gasteiger partial charge in [-0.15, -0.1) is 15.0 Å². The van der Waals surface area contributed by atoms with Gasteiger partial charge >= 0.3 is 0 Å². The number of nitrogens with zero attached hydrogens (tertiary/aromatic N) is 5. The van der Waals surface area contributed by atoms with Crippen LogP contribution in [0.5, 0.6) is 11.5 Å². The molecule has 1 atom stereocenters. The largest absolute Gasteiger partial charge is 0.497 e. The van der Waals surface area contributed by atoms with Crippen LogP contribution in [-0.2, 0) is 4.79 Å². The monoisotopic (exact) mass is 393 g/mol. The van der Waals surface area contributed by atoms with Gasteiger partial charge in [-0.05, 0) is 60.9 Å². The molecule has 0 N–H and O–H groups in total. The van der Waals surface area contributed by atoms with Crippen molar-refractivity contribution in [2.45, 2.75) is 25.3 Å². The summed E-state index contributed by atoms with van der Waals surface area (Å²) in [6.07, 6.45) is 2.79. The molecule has 2 heterocycles. The Kier molecular flexibility index (Phi) is 5.69. The van der Waals surface area contributed by atoms with Crippen molar-refractivity contribution < 1.29 is 14.3 Å². The third-order valence-electron chi connectivity index (χ3n) is 4.96. The summed E-state index contributed by atoms with van der Waals surface area (Å²) in [5.74, 6) is 1.92. The second kappa shape index (κ2) is 8.72. The maximum absolute atomic E-state index is 12.8. The number of benzene rings is 2. The minimum atomic E-state index is -0.192. The van der Waals surface area contributed by atoms with Gasteiger partial charge in [0.1, 0.15) is 11.5 Å². The van der Waals surface area contributed by atoms with Crippen molar-refractivity contribution in [3.8, 4) is 17.2 Å². The molecular weight excluding hydrogens is 370 g/mol.